The summed E-state index contributed by atoms with van der Waals surface area (Å²) in [7, 11) is 0. The van der Waals surface area contributed by atoms with Gasteiger partial charge in [0.15, 0.2) is 0 Å². The van der Waals surface area contributed by atoms with Crippen LogP contribution in [0.3, 0.4) is 0 Å². The molecule has 3 N–H and O–H groups in total. The normalized spacial score (nSPS) is 11.7. The number of hydrogen-bond acceptors (Lipinski definition) is 4. The highest BCUT2D eigenvalue weighted by Gasteiger charge is 2.40. The van der Waals surface area contributed by atoms with Crippen LogP contribution in [0.25, 0.3) is 0 Å². The smallest absolute Gasteiger partial charge is 0.348 e. The van der Waals surface area contributed by atoms with Gasteiger partial charge in [-0.3, -0.25) is 4.79 Å². The number of alkyl halides is 3. The molecule has 1 amide bonds. The van der Waals surface area contributed by atoms with Crippen LogP contribution in [0.15, 0.2) is 207 Å². The van der Waals surface area contributed by atoms with Gasteiger partial charge in [0.25, 0.3) is 0 Å². The first-order valence-electron chi connectivity index (χ1n) is 19.7. The summed E-state index contributed by atoms with van der Waals surface area (Å²) in [5.41, 5.74) is 12.7. The minimum absolute atomic E-state index is 0.162. The molecule has 302 valence electrons. The van der Waals surface area contributed by atoms with Crippen LogP contribution in [0.2, 0.25) is 0 Å². The zero-order valence-electron chi connectivity index (χ0n) is 32.9. The van der Waals surface area contributed by atoms with Gasteiger partial charge in [0.1, 0.15) is 11.1 Å². The molecule has 0 radical (unpaired) electrons. The lowest BCUT2D eigenvalue weighted by atomic mass is 9.77. The first-order chi connectivity index (χ1) is 29.3. The second-order valence-electron chi connectivity index (χ2n) is 14.2. The van der Waals surface area contributed by atoms with Crippen LogP contribution in [0.5, 0.6) is 0 Å². The van der Waals surface area contributed by atoms with E-state index in [1.807, 2.05) is 113 Å². The van der Waals surface area contributed by atoms with E-state index < -0.39 is 23.2 Å². The van der Waals surface area contributed by atoms with Crippen molar-refractivity contribution in [3.63, 3.8) is 0 Å². The van der Waals surface area contributed by atoms with Crippen LogP contribution >= 0.6 is 0 Å². The number of hydrogen-bond donors (Lipinski definition) is 2. The van der Waals surface area contributed by atoms with Gasteiger partial charge in [0.05, 0.1) is 24.0 Å². The van der Waals surface area contributed by atoms with E-state index >= 15 is 0 Å². The quantitative estimate of drug-likeness (QED) is 0.114. The summed E-state index contributed by atoms with van der Waals surface area (Å²) in [5.74, 6) is -1.95. The minimum atomic E-state index is -4.90. The number of halogens is 3. The molecule has 0 spiro atoms. The van der Waals surface area contributed by atoms with Gasteiger partial charge in [0, 0.05) is 31.8 Å². The lowest BCUT2D eigenvalue weighted by molar-refractivity contribution is -0.173. The Balaban J connectivity index is 0.000000185. The van der Waals surface area contributed by atoms with E-state index in [2.05, 4.69) is 112 Å². The average molecular weight is 803 g/mol. The fourth-order valence-corrected chi connectivity index (χ4v) is 7.87. The topological polar surface area (TPSA) is 90.8 Å². The van der Waals surface area contributed by atoms with Crippen molar-refractivity contribution in [1.29, 1.82) is 0 Å². The Kier molecular flexibility index (Phi) is 12.8. The van der Waals surface area contributed by atoms with E-state index in [9.17, 15) is 18.0 Å². The predicted molar refractivity (Wildman–Crippen MR) is 229 cm³/mol. The van der Waals surface area contributed by atoms with Crippen molar-refractivity contribution in [3.8, 4) is 0 Å². The molecular formula is C50H45F3N6O. The first kappa shape index (κ1) is 41.1. The molecule has 8 aromatic rings. The molecule has 2 aromatic heterocycles. The number of amides is 1. The molecule has 0 aliphatic rings. The molecule has 0 bridgehead atoms. The van der Waals surface area contributed by atoms with E-state index in [4.69, 9.17) is 5.73 Å². The average Bonchev–Trinajstić information content (AvgIpc) is 3.97. The highest BCUT2D eigenvalue weighted by Crippen LogP contribution is 2.42. The fourth-order valence-electron chi connectivity index (χ4n) is 7.87. The summed E-state index contributed by atoms with van der Waals surface area (Å²) < 4.78 is 41.6. The third-order valence-corrected chi connectivity index (χ3v) is 10.5. The third kappa shape index (κ3) is 8.55. The fraction of sp³-hybridized carbons (Fsp3) is 0.140. The molecule has 2 heterocycles. The number of carbonyl (C=O) groups excluding carboxylic acids is 1. The molecule has 0 aliphatic carbocycles. The monoisotopic (exact) mass is 802 g/mol. The van der Waals surface area contributed by atoms with E-state index in [0.717, 1.165) is 28.8 Å². The Hall–Kier alpha value is -7.04. The molecule has 60 heavy (non-hydrogen) atoms. The largest absolute Gasteiger partial charge is 0.471 e. The van der Waals surface area contributed by atoms with Crippen LogP contribution in [-0.4, -0.2) is 44.3 Å². The number of nitrogens with zero attached hydrogens (tertiary/aromatic N) is 4. The number of rotatable bonds is 13. The maximum atomic E-state index is 12.5. The molecule has 0 unspecified atom stereocenters. The molecule has 10 heteroatoms. The minimum Gasteiger partial charge on any atom is -0.348 e. The Labute approximate surface area is 348 Å². The number of nitrogens with two attached hydrogens (primary N) is 1. The molecule has 8 rings (SSSR count). The van der Waals surface area contributed by atoms with Crippen molar-refractivity contribution >= 4 is 5.91 Å². The molecule has 0 fully saturated rings. The Morgan fingerprint density at radius 2 is 0.767 bits per heavy atom. The predicted octanol–water partition coefficient (Wildman–Crippen LogP) is 9.17. The van der Waals surface area contributed by atoms with Gasteiger partial charge in [-0.2, -0.15) is 13.2 Å². The number of carbonyl (C=O) groups is 1. The molecule has 0 atom stereocenters. The van der Waals surface area contributed by atoms with E-state index in [1.54, 1.807) is 6.33 Å². The standard InChI is InChI=1S/C26H22F3N3O.C24H23N3/c27-26(28,29)24(33)30-17-16-23-18-32(19-31-23)25(20-10-4-1-5-11-20,21-12-6-2-7-13-21)22-14-8-3-9-15-22;25-17-16-23-18-27(19-26-23)24(20-10-4-1-5-11-20,21-12-6-2-7-13-21)22-14-8-3-9-15-22/h1-15,18-19H,16-17H2,(H,30,33);1-15,18-19H,16-17,25H2. The maximum Gasteiger partial charge on any atom is 0.471 e. The molecule has 0 aliphatic heterocycles. The maximum absolute atomic E-state index is 12.5. The van der Waals surface area contributed by atoms with Crippen molar-refractivity contribution in [1.82, 2.24) is 24.4 Å². The highest BCUT2D eigenvalue weighted by molar-refractivity contribution is 5.81. The van der Waals surface area contributed by atoms with Crippen LogP contribution in [-0.2, 0) is 28.7 Å². The van der Waals surface area contributed by atoms with Crippen LogP contribution < -0.4 is 11.1 Å². The van der Waals surface area contributed by atoms with Crippen LogP contribution in [0.4, 0.5) is 13.2 Å². The lowest BCUT2D eigenvalue weighted by Gasteiger charge is -2.37. The second-order valence-corrected chi connectivity index (χ2v) is 14.2. The summed E-state index contributed by atoms with van der Waals surface area (Å²) in [5, 5.41) is 1.90. The van der Waals surface area contributed by atoms with Crippen LogP contribution in [0.1, 0.15) is 44.8 Å². The summed E-state index contributed by atoms with van der Waals surface area (Å²) >= 11 is 0. The highest BCUT2D eigenvalue weighted by atomic mass is 19.4. The number of nitrogens with one attached hydrogen (secondary N) is 1. The molecule has 6 aromatic carbocycles. The second kappa shape index (κ2) is 18.7. The van der Waals surface area contributed by atoms with Gasteiger partial charge in [-0.05, 0) is 39.9 Å². The van der Waals surface area contributed by atoms with Crippen molar-refractivity contribution in [2.45, 2.75) is 30.1 Å². The van der Waals surface area contributed by atoms with Gasteiger partial charge in [0.2, 0.25) is 0 Å². The molecule has 0 saturated heterocycles. The SMILES string of the molecule is NCCc1cn(C(c2ccccc2)(c2ccccc2)c2ccccc2)cn1.O=C(NCCc1cn(C(c2ccccc2)(c2ccccc2)c2ccccc2)cn1)C(F)(F)F. The summed E-state index contributed by atoms with van der Waals surface area (Å²) in [6.45, 7) is 0.427. The van der Waals surface area contributed by atoms with Crippen molar-refractivity contribution in [2.24, 2.45) is 5.73 Å². The van der Waals surface area contributed by atoms with E-state index in [-0.39, 0.29) is 13.0 Å². The zero-order chi connectivity index (χ0) is 41.8. The Morgan fingerprint density at radius 1 is 0.483 bits per heavy atom. The van der Waals surface area contributed by atoms with Crippen molar-refractivity contribution < 1.29 is 18.0 Å². The Morgan fingerprint density at radius 3 is 1.03 bits per heavy atom. The van der Waals surface area contributed by atoms with Gasteiger partial charge in [-0.25, -0.2) is 9.97 Å². The summed E-state index contributed by atoms with van der Waals surface area (Å²) in [6, 6.07) is 61.8. The molecule has 7 nitrogen and oxygen atoms in total. The lowest BCUT2D eigenvalue weighted by Crippen LogP contribution is -2.38. The van der Waals surface area contributed by atoms with Gasteiger partial charge < -0.3 is 20.2 Å². The number of imidazole rings is 2. The number of benzene rings is 6. The van der Waals surface area contributed by atoms with Gasteiger partial charge in [-0.1, -0.05) is 182 Å². The van der Waals surface area contributed by atoms with E-state index in [1.165, 1.54) is 16.7 Å². The van der Waals surface area contributed by atoms with Gasteiger partial charge in [-0.15, -0.1) is 0 Å². The molecular weight excluding hydrogens is 758 g/mol. The first-order valence-corrected chi connectivity index (χ1v) is 19.7. The van der Waals surface area contributed by atoms with Crippen molar-refractivity contribution in [3.05, 3.63) is 252 Å². The molecule has 0 saturated carbocycles. The van der Waals surface area contributed by atoms with Gasteiger partial charge >= 0.3 is 12.1 Å². The third-order valence-electron chi connectivity index (χ3n) is 10.5. The van der Waals surface area contributed by atoms with Crippen LogP contribution in [0, 0.1) is 0 Å². The number of aromatic nitrogens is 4. The summed E-state index contributed by atoms with van der Waals surface area (Å²) in [4.78, 5) is 20.2. The van der Waals surface area contributed by atoms with E-state index in [0.29, 0.717) is 12.2 Å². The Bertz CT molecular complexity index is 2330. The van der Waals surface area contributed by atoms with Crippen molar-refractivity contribution in [2.75, 3.05) is 13.1 Å². The zero-order valence-corrected chi connectivity index (χ0v) is 32.9. The summed E-state index contributed by atoms with van der Waals surface area (Å²) in [6.07, 6.45) is 3.60.